The van der Waals surface area contributed by atoms with Crippen LogP contribution in [0.4, 0.5) is 0 Å². The first-order valence-corrected chi connectivity index (χ1v) is 6.02. The predicted octanol–water partition coefficient (Wildman–Crippen LogP) is 1.97. The molecular formula is C14H21N3. The zero-order valence-electron chi connectivity index (χ0n) is 10.9. The van der Waals surface area contributed by atoms with E-state index in [-0.39, 0.29) is 0 Å². The van der Waals surface area contributed by atoms with Crippen molar-refractivity contribution in [3.05, 3.63) is 35.9 Å². The molecule has 3 heteroatoms. The van der Waals surface area contributed by atoms with Crippen LogP contribution in [0, 0.1) is 11.3 Å². The van der Waals surface area contributed by atoms with E-state index >= 15 is 0 Å². The molecule has 3 nitrogen and oxygen atoms in total. The van der Waals surface area contributed by atoms with Crippen molar-refractivity contribution < 1.29 is 0 Å². The summed E-state index contributed by atoms with van der Waals surface area (Å²) in [6, 6.07) is 12.3. The Morgan fingerprint density at radius 2 is 2.00 bits per heavy atom. The molecule has 1 rings (SSSR count). The summed E-state index contributed by atoms with van der Waals surface area (Å²) in [6.45, 7) is 3.84. The summed E-state index contributed by atoms with van der Waals surface area (Å²) in [6.07, 6.45) is 1.09. The normalized spacial score (nSPS) is 14.3. The molecule has 1 atom stereocenters. The molecule has 0 saturated carbocycles. The fourth-order valence-electron chi connectivity index (χ4n) is 2.06. The molecule has 1 aromatic carbocycles. The molecule has 0 amide bonds. The molecule has 17 heavy (non-hydrogen) atoms. The lowest BCUT2D eigenvalue weighted by Gasteiger charge is -2.31. The minimum atomic E-state index is -0.620. The second-order valence-electron chi connectivity index (χ2n) is 4.37. The van der Waals surface area contributed by atoms with E-state index in [1.165, 1.54) is 0 Å². The number of hydrogen-bond acceptors (Lipinski definition) is 3. The molecule has 92 valence electrons. The van der Waals surface area contributed by atoms with Crippen molar-refractivity contribution in [2.45, 2.75) is 18.9 Å². The monoisotopic (exact) mass is 231 g/mol. The summed E-state index contributed by atoms with van der Waals surface area (Å²) in [7, 11) is 3.89. The Bertz CT molecular complexity index is 369. The van der Waals surface area contributed by atoms with E-state index in [2.05, 4.69) is 30.3 Å². The van der Waals surface area contributed by atoms with Crippen molar-refractivity contribution in [1.29, 1.82) is 5.26 Å². The van der Waals surface area contributed by atoms with E-state index in [0.717, 1.165) is 18.5 Å². The second kappa shape index (κ2) is 6.39. The van der Waals surface area contributed by atoms with Gasteiger partial charge in [-0.15, -0.1) is 0 Å². The SMILES string of the molecule is CCCN(C)CC(C#N)(NC)c1ccccc1. The molecular weight excluding hydrogens is 210 g/mol. The fraction of sp³-hybridized carbons (Fsp3) is 0.500. The van der Waals surface area contributed by atoms with Crippen LogP contribution in [0.3, 0.4) is 0 Å². The van der Waals surface area contributed by atoms with Crippen molar-refractivity contribution in [2.75, 3.05) is 27.2 Å². The van der Waals surface area contributed by atoms with Crippen LogP contribution in [0.25, 0.3) is 0 Å². The lowest BCUT2D eigenvalue weighted by Crippen LogP contribution is -2.47. The largest absolute Gasteiger partial charge is 0.303 e. The molecule has 0 aliphatic heterocycles. The Hall–Kier alpha value is -1.37. The standard InChI is InChI=1S/C14H21N3/c1-4-10-17(3)12-14(11-15,16-2)13-8-6-5-7-9-13/h5-9,16H,4,10,12H2,1-3H3. The van der Waals surface area contributed by atoms with Gasteiger partial charge < -0.3 is 4.90 Å². The lowest BCUT2D eigenvalue weighted by molar-refractivity contribution is 0.258. The van der Waals surface area contributed by atoms with Gasteiger partial charge in [-0.2, -0.15) is 5.26 Å². The number of nitrogens with zero attached hydrogens (tertiary/aromatic N) is 2. The second-order valence-corrected chi connectivity index (χ2v) is 4.37. The predicted molar refractivity (Wildman–Crippen MR) is 70.6 cm³/mol. The van der Waals surface area contributed by atoms with Crippen molar-refractivity contribution in [3.8, 4) is 6.07 Å². The molecule has 0 aliphatic carbocycles. The highest BCUT2D eigenvalue weighted by Crippen LogP contribution is 2.21. The summed E-state index contributed by atoms with van der Waals surface area (Å²) < 4.78 is 0. The van der Waals surface area contributed by atoms with Crippen LogP contribution in [0.5, 0.6) is 0 Å². The van der Waals surface area contributed by atoms with E-state index in [9.17, 15) is 5.26 Å². The Morgan fingerprint density at radius 3 is 2.47 bits per heavy atom. The Kier molecular flexibility index (Phi) is 5.14. The molecule has 0 heterocycles. The van der Waals surface area contributed by atoms with E-state index < -0.39 is 5.54 Å². The average Bonchev–Trinajstić information content (AvgIpc) is 2.37. The third kappa shape index (κ3) is 3.29. The summed E-state index contributed by atoms with van der Waals surface area (Å²) in [4.78, 5) is 2.19. The molecule has 1 unspecified atom stereocenters. The van der Waals surface area contributed by atoms with Crippen LogP contribution >= 0.6 is 0 Å². The van der Waals surface area contributed by atoms with Crippen molar-refractivity contribution in [3.63, 3.8) is 0 Å². The number of nitrogens with one attached hydrogen (secondary N) is 1. The highest BCUT2D eigenvalue weighted by atomic mass is 15.1. The van der Waals surface area contributed by atoms with Crippen LogP contribution in [0.2, 0.25) is 0 Å². The summed E-state index contributed by atoms with van der Waals surface area (Å²) >= 11 is 0. The zero-order valence-corrected chi connectivity index (χ0v) is 10.9. The van der Waals surface area contributed by atoms with E-state index in [0.29, 0.717) is 6.54 Å². The van der Waals surface area contributed by atoms with Gasteiger partial charge >= 0.3 is 0 Å². The van der Waals surface area contributed by atoms with Crippen LogP contribution < -0.4 is 5.32 Å². The van der Waals surface area contributed by atoms with Gasteiger partial charge in [0.05, 0.1) is 6.07 Å². The highest BCUT2D eigenvalue weighted by Gasteiger charge is 2.31. The number of likely N-dealkylation sites (N-methyl/N-ethyl adjacent to an activating group) is 2. The molecule has 0 fully saturated rings. The van der Waals surface area contributed by atoms with Crippen LogP contribution in [0.15, 0.2) is 30.3 Å². The number of hydrogen-bond donors (Lipinski definition) is 1. The minimum absolute atomic E-state index is 0.620. The quantitative estimate of drug-likeness (QED) is 0.813. The lowest BCUT2D eigenvalue weighted by atomic mass is 9.91. The van der Waals surface area contributed by atoms with Crippen molar-refractivity contribution >= 4 is 0 Å². The average molecular weight is 231 g/mol. The van der Waals surface area contributed by atoms with Gasteiger partial charge in [0, 0.05) is 6.54 Å². The first-order chi connectivity index (χ1) is 8.18. The maximum atomic E-state index is 9.51. The van der Waals surface area contributed by atoms with Gasteiger partial charge in [-0.3, -0.25) is 5.32 Å². The number of benzene rings is 1. The first kappa shape index (κ1) is 13.7. The molecule has 0 bridgehead atoms. The number of rotatable bonds is 6. The van der Waals surface area contributed by atoms with Gasteiger partial charge in [0.25, 0.3) is 0 Å². The molecule has 0 aliphatic rings. The Balaban J connectivity index is 2.95. The van der Waals surface area contributed by atoms with E-state index in [1.54, 1.807) is 0 Å². The van der Waals surface area contributed by atoms with Gasteiger partial charge in [0.1, 0.15) is 5.54 Å². The molecule has 0 radical (unpaired) electrons. The highest BCUT2D eigenvalue weighted by molar-refractivity contribution is 5.31. The maximum Gasteiger partial charge on any atom is 0.144 e. The Labute approximate surface area is 104 Å². The molecule has 1 aromatic rings. The number of nitriles is 1. The maximum absolute atomic E-state index is 9.51. The molecule has 0 saturated heterocycles. The minimum Gasteiger partial charge on any atom is -0.303 e. The van der Waals surface area contributed by atoms with E-state index in [4.69, 9.17) is 0 Å². The molecule has 0 spiro atoms. The summed E-state index contributed by atoms with van der Waals surface area (Å²) in [5, 5.41) is 12.7. The molecule has 0 aromatic heterocycles. The molecule has 1 N–H and O–H groups in total. The topological polar surface area (TPSA) is 39.1 Å². The first-order valence-electron chi connectivity index (χ1n) is 6.02. The van der Waals surface area contributed by atoms with Crippen molar-refractivity contribution in [2.24, 2.45) is 0 Å². The van der Waals surface area contributed by atoms with Gasteiger partial charge in [-0.25, -0.2) is 0 Å². The summed E-state index contributed by atoms with van der Waals surface area (Å²) in [5.41, 5.74) is 0.401. The van der Waals surface area contributed by atoms with Crippen molar-refractivity contribution in [1.82, 2.24) is 10.2 Å². The van der Waals surface area contributed by atoms with Crippen LogP contribution in [0.1, 0.15) is 18.9 Å². The third-order valence-corrected chi connectivity index (χ3v) is 3.00. The Morgan fingerprint density at radius 1 is 1.35 bits per heavy atom. The fourth-order valence-corrected chi connectivity index (χ4v) is 2.06. The van der Waals surface area contributed by atoms with Crippen LogP contribution in [-0.2, 0) is 5.54 Å². The van der Waals surface area contributed by atoms with Crippen LogP contribution in [-0.4, -0.2) is 32.1 Å². The van der Waals surface area contributed by atoms with Gasteiger partial charge in [0.15, 0.2) is 0 Å². The van der Waals surface area contributed by atoms with Gasteiger partial charge in [0.2, 0.25) is 0 Å². The van der Waals surface area contributed by atoms with Gasteiger partial charge in [-0.1, -0.05) is 37.3 Å². The zero-order chi connectivity index (χ0) is 12.7. The third-order valence-electron chi connectivity index (χ3n) is 3.00. The smallest absolute Gasteiger partial charge is 0.144 e. The van der Waals surface area contributed by atoms with E-state index in [1.807, 2.05) is 37.4 Å². The summed E-state index contributed by atoms with van der Waals surface area (Å²) in [5.74, 6) is 0. The van der Waals surface area contributed by atoms with Gasteiger partial charge in [-0.05, 0) is 32.6 Å².